The van der Waals surface area contributed by atoms with Crippen molar-refractivity contribution in [2.45, 2.75) is 0 Å². The number of rotatable bonds is 4. The molecule has 0 saturated carbocycles. The number of fused-ring (bicyclic) bond motifs is 1. The monoisotopic (exact) mass is 383 g/mol. The van der Waals surface area contributed by atoms with Gasteiger partial charge < -0.3 is 10.1 Å². The van der Waals surface area contributed by atoms with Crippen molar-refractivity contribution in [2.24, 2.45) is 0 Å². The molecule has 0 fully saturated rings. The van der Waals surface area contributed by atoms with Crippen molar-refractivity contribution >= 4 is 46.4 Å². The average Bonchev–Trinajstić information content (AvgIpc) is 2.65. The standard InChI is InChI=1S/C20H14ClN3O.ClH/c21-17-7-4-8-18-19(17)20(23-13-22-18)24-14-9-11-16(12-10-14)25-15-5-2-1-3-6-15;/h1-13H,(H,22,23,24);1H. The summed E-state index contributed by atoms with van der Waals surface area (Å²) in [4.78, 5) is 8.56. The number of nitrogens with one attached hydrogen (secondary N) is 1. The second-order valence-corrected chi connectivity index (χ2v) is 5.83. The lowest BCUT2D eigenvalue weighted by atomic mass is 10.2. The average molecular weight is 384 g/mol. The molecular weight excluding hydrogens is 369 g/mol. The Hall–Kier alpha value is -2.82. The van der Waals surface area contributed by atoms with Crippen molar-refractivity contribution in [3.63, 3.8) is 0 Å². The zero-order valence-corrected chi connectivity index (χ0v) is 15.2. The molecule has 1 heterocycles. The van der Waals surface area contributed by atoms with Gasteiger partial charge in [0.05, 0.1) is 15.9 Å². The van der Waals surface area contributed by atoms with E-state index in [2.05, 4.69) is 15.3 Å². The van der Waals surface area contributed by atoms with Crippen molar-refractivity contribution in [3.8, 4) is 11.5 Å². The number of benzene rings is 3. The maximum absolute atomic E-state index is 6.30. The maximum Gasteiger partial charge on any atom is 0.143 e. The largest absolute Gasteiger partial charge is 0.457 e. The van der Waals surface area contributed by atoms with Gasteiger partial charge in [-0.25, -0.2) is 9.97 Å². The Balaban J connectivity index is 0.00000196. The minimum absolute atomic E-state index is 0. The smallest absolute Gasteiger partial charge is 0.143 e. The van der Waals surface area contributed by atoms with Crippen LogP contribution in [0.3, 0.4) is 0 Å². The predicted molar refractivity (Wildman–Crippen MR) is 108 cm³/mol. The van der Waals surface area contributed by atoms with E-state index in [1.807, 2.05) is 72.8 Å². The lowest BCUT2D eigenvalue weighted by molar-refractivity contribution is 0.483. The SMILES string of the molecule is Cl.Clc1cccc2ncnc(Nc3ccc(Oc4ccccc4)cc3)c12. The highest BCUT2D eigenvalue weighted by atomic mass is 35.5. The number of hydrogen-bond acceptors (Lipinski definition) is 4. The number of anilines is 2. The topological polar surface area (TPSA) is 47.0 Å². The second kappa shape index (κ2) is 8.04. The highest BCUT2D eigenvalue weighted by molar-refractivity contribution is 6.36. The van der Waals surface area contributed by atoms with Gasteiger partial charge in [0.2, 0.25) is 0 Å². The molecule has 3 aromatic carbocycles. The van der Waals surface area contributed by atoms with Crippen LogP contribution in [-0.2, 0) is 0 Å². The third kappa shape index (κ3) is 3.87. The summed E-state index contributed by atoms with van der Waals surface area (Å²) in [5.41, 5.74) is 1.69. The fourth-order valence-electron chi connectivity index (χ4n) is 2.53. The van der Waals surface area contributed by atoms with Crippen molar-refractivity contribution in [1.82, 2.24) is 9.97 Å². The first kappa shape index (κ1) is 18.0. The molecule has 4 aromatic rings. The van der Waals surface area contributed by atoms with Gasteiger partial charge in [-0.1, -0.05) is 35.9 Å². The van der Waals surface area contributed by atoms with E-state index in [4.69, 9.17) is 16.3 Å². The van der Waals surface area contributed by atoms with Gasteiger partial charge in [0.1, 0.15) is 23.6 Å². The van der Waals surface area contributed by atoms with E-state index in [0.717, 1.165) is 28.1 Å². The molecule has 0 amide bonds. The van der Waals surface area contributed by atoms with Gasteiger partial charge in [-0.2, -0.15) is 0 Å². The highest BCUT2D eigenvalue weighted by Crippen LogP contribution is 2.30. The molecule has 1 aromatic heterocycles. The minimum atomic E-state index is 0. The number of aromatic nitrogens is 2. The first-order valence-electron chi connectivity index (χ1n) is 7.79. The summed E-state index contributed by atoms with van der Waals surface area (Å²) in [7, 11) is 0. The fraction of sp³-hybridized carbons (Fsp3) is 0. The van der Waals surface area contributed by atoms with Gasteiger partial charge in [0, 0.05) is 5.69 Å². The number of para-hydroxylation sites is 1. The van der Waals surface area contributed by atoms with Gasteiger partial charge in [0.15, 0.2) is 0 Å². The number of halogens is 2. The molecule has 4 rings (SSSR count). The van der Waals surface area contributed by atoms with Crippen LogP contribution in [-0.4, -0.2) is 9.97 Å². The van der Waals surface area contributed by atoms with E-state index in [1.165, 1.54) is 6.33 Å². The van der Waals surface area contributed by atoms with Crippen LogP contribution in [0.1, 0.15) is 0 Å². The van der Waals surface area contributed by atoms with E-state index >= 15 is 0 Å². The molecule has 4 nitrogen and oxygen atoms in total. The summed E-state index contributed by atoms with van der Waals surface area (Å²) in [6, 6.07) is 23.0. The van der Waals surface area contributed by atoms with Crippen LogP contribution in [0, 0.1) is 0 Å². The van der Waals surface area contributed by atoms with Crippen molar-refractivity contribution in [2.75, 3.05) is 5.32 Å². The Labute approximate surface area is 162 Å². The quantitative estimate of drug-likeness (QED) is 0.452. The lowest BCUT2D eigenvalue weighted by Crippen LogP contribution is -1.96. The van der Waals surface area contributed by atoms with Crippen molar-refractivity contribution in [1.29, 1.82) is 0 Å². The number of hydrogen-bond donors (Lipinski definition) is 1. The summed E-state index contributed by atoms with van der Waals surface area (Å²) in [5, 5.41) is 4.71. The molecule has 0 bridgehead atoms. The van der Waals surface area contributed by atoms with Crippen molar-refractivity contribution < 1.29 is 4.74 Å². The van der Waals surface area contributed by atoms with Gasteiger partial charge in [-0.05, 0) is 48.5 Å². The van der Waals surface area contributed by atoms with E-state index < -0.39 is 0 Å². The van der Waals surface area contributed by atoms with Crippen LogP contribution < -0.4 is 10.1 Å². The Bertz CT molecular complexity index is 1000. The van der Waals surface area contributed by atoms with Crippen LogP contribution in [0.4, 0.5) is 11.5 Å². The molecule has 0 aliphatic carbocycles. The molecule has 1 N–H and O–H groups in total. The van der Waals surface area contributed by atoms with Crippen LogP contribution in [0.5, 0.6) is 11.5 Å². The van der Waals surface area contributed by atoms with Gasteiger partial charge in [-0.3, -0.25) is 0 Å². The van der Waals surface area contributed by atoms with Gasteiger partial charge in [0.25, 0.3) is 0 Å². The molecule has 0 atom stereocenters. The predicted octanol–water partition coefficient (Wildman–Crippen LogP) is 6.24. The summed E-state index contributed by atoms with van der Waals surface area (Å²) < 4.78 is 5.80. The van der Waals surface area contributed by atoms with E-state index in [-0.39, 0.29) is 12.4 Å². The van der Waals surface area contributed by atoms with E-state index in [1.54, 1.807) is 0 Å². The minimum Gasteiger partial charge on any atom is -0.457 e. The molecule has 0 saturated heterocycles. The first-order valence-corrected chi connectivity index (χ1v) is 8.16. The Morgan fingerprint density at radius 2 is 1.50 bits per heavy atom. The molecule has 26 heavy (non-hydrogen) atoms. The van der Waals surface area contributed by atoms with Gasteiger partial charge in [-0.15, -0.1) is 12.4 Å². The molecule has 0 aliphatic rings. The summed E-state index contributed by atoms with van der Waals surface area (Å²) in [5.74, 6) is 2.24. The lowest BCUT2D eigenvalue weighted by Gasteiger charge is -2.10. The molecular formula is C20H15Cl2N3O. The third-order valence-electron chi connectivity index (χ3n) is 3.71. The molecule has 0 spiro atoms. The van der Waals surface area contributed by atoms with Crippen LogP contribution in [0.25, 0.3) is 10.9 Å². The summed E-state index contributed by atoms with van der Waals surface area (Å²) in [6.07, 6.45) is 1.52. The van der Waals surface area contributed by atoms with Gasteiger partial charge >= 0.3 is 0 Å². The van der Waals surface area contributed by atoms with Crippen LogP contribution >= 0.6 is 24.0 Å². The zero-order valence-electron chi connectivity index (χ0n) is 13.6. The zero-order chi connectivity index (χ0) is 17.1. The summed E-state index contributed by atoms with van der Waals surface area (Å²) >= 11 is 6.30. The maximum atomic E-state index is 6.30. The molecule has 6 heteroatoms. The fourth-order valence-corrected chi connectivity index (χ4v) is 2.79. The van der Waals surface area contributed by atoms with Crippen LogP contribution in [0.2, 0.25) is 5.02 Å². The molecule has 130 valence electrons. The van der Waals surface area contributed by atoms with E-state index in [9.17, 15) is 0 Å². The Morgan fingerprint density at radius 3 is 2.27 bits per heavy atom. The van der Waals surface area contributed by atoms with Crippen molar-refractivity contribution in [3.05, 3.63) is 84.1 Å². The van der Waals surface area contributed by atoms with E-state index in [0.29, 0.717) is 10.8 Å². The molecule has 0 aliphatic heterocycles. The Morgan fingerprint density at radius 1 is 0.769 bits per heavy atom. The number of nitrogens with zero attached hydrogens (tertiary/aromatic N) is 2. The highest BCUT2D eigenvalue weighted by Gasteiger charge is 2.08. The summed E-state index contributed by atoms with van der Waals surface area (Å²) in [6.45, 7) is 0. The number of ether oxygens (including phenoxy) is 1. The molecule has 0 unspecified atom stereocenters. The Kier molecular flexibility index (Phi) is 5.56. The molecule has 0 radical (unpaired) electrons. The second-order valence-electron chi connectivity index (χ2n) is 5.42. The first-order chi connectivity index (χ1) is 12.3. The van der Waals surface area contributed by atoms with Crippen LogP contribution in [0.15, 0.2) is 79.1 Å². The third-order valence-corrected chi connectivity index (χ3v) is 4.02. The normalized spacial score (nSPS) is 10.2.